The van der Waals surface area contributed by atoms with Crippen molar-refractivity contribution < 1.29 is 14.3 Å². The number of methoxy groups -OCH3 is 1. The van der Waals surface area contributed by atoms with E-state index in [4.69, 9.17) is 9.72 Å². The van der Waals surface area contributed by atoms with Gasteiger partial charge in [-0.2, -0.15) is 4.98 Å². The highest BCUT2D eigenvalue weighted by Gasteiger charge is 2.51. The first-order valence-corrected chi connectivity index (χ1v) is 19.0. The lowest BCUT2D eigenvalue weighted by Gasteiger charge is -2.44. The fraction of sp³-hybridized carbons (Fsp3) is 0.684. The topological polar surface area (TPSA) is 106 Å². The predicted molar refractivity (Wildman–Crippen MR) is 192 cm³/mol. The van der Waals surface area contributed by atoms with E-state index in [1.165, 1.54) is 58.4 Å². The van der Waals surface area contributed by atoms with Gasteiger partial charge < -0.3 is 30.1 Å². The van der Waals surface area contributed by atoms with Crippen molar-refractivity contribution in [2.24, 2.45) is 11.3 Å². The number of aromatic nitrogens is 2. The number of nitrogens with one attached hydrogen (secondary N) is 2. The van der Waals surface area contributed by atoms with E-state index in [1.807, 2.05) is 19.2 Å². The summed E-state index contributed by atoms with van der Waals surface area (Å²) in [4.78, 5) is 46.3. The molecule has 1 aromatic heterocycles. The van der Waals surface area contributed by atoms with E-state index in [0.29, 0.717) is 35.0 Å². The lowest BCUT2D eigenvalue weighted by Crippen LogP contribution is -2.52. The molecule has 6 aliphatic rings. The molecule has 0 bridgehead atoms. The van der Waals surface area contributed by atoms with Crippen molar-refractivity contribution in [2.45, 2.75) is 102 Å². The molecule has 1 saturated heterocycles. The molecule has 2 N–H and O–H groups in total. The number of rotatable bonds is 9. The SMILES string of the molecule is COc1cc(C(=O)NC2CCC(N3CCN(CC4CC4)CC3)CC2)ccc1Nc1ncc2c(n1)N(C1CCCC1)CC1(CCC1)C(=O)N2C. The molecule has 11 heteroatoms. The van der Waals surface area contributed by atoms with Crippen molar-refractivity contribution in [2.75, 3.05) is 68.5 Å². The third-order valence-electron chi connectivity index (χ3n) is 12.6. The lowest BCUT2D eigenvalue weighted by molar-refractivity contribution is -0.131. The fourth-order valence-electron chi connectivity index (χ4n) is 9.19. The van der Waals surface area contributed by atoms with Crippen LogP contribution in [-0.4, -0.2) is 103 Å². The van der Waals surface area contributed by atoms with Gasteiger partial charge in [0.1, 0.15) is 11.4 Å². The third kappa shape index (κ3) is 6.72. The van der Waals surface area contributed by atoms with Gasteiger partial charge >= 0.3 is 0 Å². The first-order chi connectivity index (χ1) is 23.9. The Morgan fingerprint density at radius 3 is 2.39 bits per heavy atom. The highest BCUT2D eigenvalue weighted by molar-refractivity contribution is 6.02. The van der Waals surface area contributed by atoms with Crippen LogP contribution >= 0.6 is 0 Å². The number of piperazine rings is 1. The van der Waals surface area contributed by atoms with Crippen molar-refractivity contribution in [1.29, 1.82) is 0 Å². The summed E-state index contributed by atoms with van der Waals surface area (Å²) in [5, 5.41) is 6.67. The van der Waals surface area contributed by atoms with Gasteiger partial charge in [0.2, 0.25) is 11.9 Å². The number of nitrogens with zero attached hydrogens (tertiary/aromatic N) is 6. The average molecular weight is 671 g/mol. The van der Waals surface area contributed by atoms with Crippen molar-refractivity contribution in [3.8, 4) is 5.75 Å². The number of hydrogen-bond acceptors (Lipinski definition) is 9. The van der Waals surface area contributed by atoms with Gasteiger partial charge in [-0.3, -0.25) is 14.5 Å². The van der Waals surface area contributed by atoms with E-state index in [1.54, 1.807) is 24.3 Å². The zero-order chi connectivity index (χ0) is 33.5. The van der Waals surface area contributed by atoms with Crippen LogP contribution in [0.4, 0.5) is 23.1 Å². The lowest BCUT2D eigenvalue weighted by atomic mass is 9.67. The monoisotopic (exact) mass is 670 g/mol. The standard InChI is InChI=1S/C38H54N8O3/c1-43-32-23-39-37(42-34(32)46(30-6-3-4-7-30)25-38(36(43)48)16-5-17-38)41-31-15-10-27(22-33(31)49-2)35(47)40-28-11-13-29(14-12-28)45-20-18-44(19-21-45)24-26-8-9-26/h10,15,22-23,26,28-30H,3-9,11-14,16-21,24-25H2,1-2H3,(H,40,47)(H,39,41,42). The highest BCUT2D eigenvalue weighted by atomic mass is 16.5. The quantitative estimate of drug-likeness (QED) is 0.373. The fourth-order valence-corrected chi connectivity index (χ4v) is 9.19. The van der Waals surface area contributed by atoms with Crippen molar-refractivity contribution >= 4 is 35.0 Å². The first-order valence-electron chi connectivity index (χ1n) is 19.0. The molecule has 2 aliphatic heterocycles. The Balaban J connectivity index is 0.907. The second kappa shape index (κ2) is 13.7. The van der Waals surface area contributed by atoms with E-state index in [0.717, 1.165) is 81.8 Å². The number of fused-ring (bicyclic) bond motifs is 1. The molecule has 1 spiro atoms. The van der Waals surface area contributed by atoms with Crippen LogP contribution in [0.2, 0.25) is 0 Å². The Morgan fingerprint density at radius 1 is 0.959 bits per heavy atom. The number of hydrogen-bond donors (Lipinski definition) is 2. The smallest absolute Gasteiger partial charge is 0.251 e. The maximum atomic E-state index is 13.6. The molecule has 8 rings (SSSR count). The highest BCUT2D eigenvalue weighted by Crippen LogP contribution is 2.49. The van der Waals surface area contributed by atoms with Crippen LogP contribution in [0, 0.1) is 11.3 Å². The molecule has 5 fully saturated rings. The summed E-state index contributed by atoms with van der Waals surface area (Å²) in [5.41, 5.74) is 1.72. The first kappa shape index (κ1) is 32.7. The minimum absolute atomic E-state index is 0.0619. The van der Waals surface area contributed by atoms with Crippen LogP contribution in [-0.2, 0) is 4.79 Å². The summed E-state index contributed by atoms with van der Waals surface area (Å²) in [6.07, 6.45) is 16.6. The van der Waals surface area contributed by atoms with Gasteiger partial charge in [0, 0.05) is 70.0 Å². The third-order valence-corrected chi connectivity index (χ3v) is 12.6. The Kier molecular flexibility index (Phi) is 9.16. The zero-order valence-corrected chi connectivity index (χ0v) is 29.5. The minimum atomic E-state index is -0.324. The summed E-state index contributed by atoms with van der Waals surface area (Å²) in [6.45, 7) is 6.79. The van der Waals surface area contributed by atoms with E-state index in [2.05, 4.69) is 30.3 Å². The Hall–Kier alpha value is -3.44. The second-order valence-corrected chi connectivity index (χ2v) is 15.8. The van der Waals surface area contributed by atoms with Crippen molar-refractivity contribution in [3.05, 3.63) is 30.0 Å². The summed E-state index contributed by atoms with van der Waals surface area (Å²) in [7, 11) is 3.49. The maximum absolute atomic E-state index is 13.6. The number of carbonyl (C=O) groups is 2. The van der Waals surface area contributed by atoms with E-state index >= 15 is 0 Å². The Bertz CT molecular complexity index is 1520. The molecule has 2 amide bonds. The Morgan fingerprint density at radius 2 is 1.71 bits per heavy atom. The molecule has 0 atom stereocenters. The molecule has 4 aliphatic carbocycles. The van der Waals surface area contributed by atoms with Crippen LogP contribution < -0.4 is 25.2 Å². The average Bonchev–Trinajstić information content (AvgIpc) is 3.78. The second-order valence-electron chi connectivity index (χ2n) is 15.8. The van der Waals surface area contributed by atoms with Crippen LogP contribution in [0.5, 0.6) is 5.75 Å². The maximum Gasteiger partial charge on any atom is 0.251 e. The molecule has 11 nitrogen and oxygen atoms in total. The van der Waals surface area contributed by atoms with Crippen LogP contribution in [0.25, 0.3) is 0 Å². The van der Waals surface area contributed by atoms with E-state index in [-0.39, 0.29) is 23.3 Å². The van der Waals surface area contributed by atoms with E-state index < -0.39 is 0 Å². The van der Waals surface area contributed by atoms with Gasteiger partial charge in [0.25, 0.3) is 5.91 Å². The number of benzene rings is 1. The molecule has 2 aromatic rings. The molecule has 3 heterocycles. The van der Waals surface area contributed by atoms with E-state index in [9.17, 15) is 9.59 Å². The molecular weight excluding hydrogens is 616 g/mol. The molecule has 1 aromatic carbocycles. The predicted octanol–water partition coefficient (Wildman–Crippen LogP) is 5.19. The van der Waals surface area contributed by atoms with Gasteiger partial charge in [-0.1, -0.05) is 19.3 Å². The molecule has 264 valence electrons. The molecule has 4 saturated carbocycles. The zero-order valence-electron chi connectivity index (χ0n) is 29.5. The Labute approximate surface area is 291 Å². The van der Waals surface area contributed by atoms with Gasteiger partial charge in [0.05, 0.1) is 24.4 Å². The van der Waals surface area contributed by atoms with Crippen molar-refractivity contribution in [1.82, 2.24) is 25.1 Å². The van der Waals surface area contributed by atoms with Gasteiger partial charge in [-0.05, 0) is 88.3 Å². The summed E-state index contributed by atoms with van der Waals surface area (Å²) < 4.78 is 5.76. The van der Waals surface area contributed by atoms with Crippen LogP contribution in [0.1, 0.15) is 93.8 Å². The van der Waals surface area contributed by atoms with Gasteiger partial charge in [-0.15, -0.1) is 0 Å². The summed E-state index contributed by atoms with van der Waals surface area (Å²) >= 11 is 0. The van der Waals surface area contributed by atoms with Crippen LogP contribution in [0.3, 0.4) is 0 Å². The van der Waals surface area contributed by atoms with Crippen LogP contribution in [0.15, 0.2) is 24.4 Å². The van der Waals surface area contributed by atoms with Gasteiger partial charge in [-0.25, -0.2) is 4.98 Å². The number of anilines is 4. The number of carbonyl (C=O) groups excluding carboxylic acids is 2. The molecule has 0 unspecified atom stereocenters. The van der Waals surface area contributed by atoms with Gasteiger partial charge in [0.15, 0.2) is 5.82 Å². The normalized spacial score (nSPS) is 26.3. The summed E-state index contributed by atoms with van der Waals surface area (Å²) in [5.74, 6) is 2.92. The number of amides is 2. The number of ether oxygens (including phenoxy) is 1. The molecule has 49 heavy (non-hydrogen) atoms. The molecule has 0 radical (unpaired) electrons. The minimum Gasteiger partial charge on any atom is -0.495 e. The van der Waals surface area contributed by atoms with Crippen molar-refractivity contribution in [3.63, 3.8) is 0 Å². The summed E-state index contributed by atoms with van der Waals surface area (Å²) in [6, 6.07) is 6.73. The largest absolute Gasteiger partial charge is 0.495 e. The molecular formula is C38H54N8O3.